The molecule has 0 aliphatic heterocycles. The van der Waals surface area contributed by atoms with Crippen LogP contribution < -0.4 is 15.2 Å². The van der Waals surface area contributed by atoms with Gasteiger partial charge >= 0.3 is 0 Å². The Bertz CT molecular complexity index is 411. The van der Waals surface area contributed by atoms with E-state index in [9.17, 15) is 0 Å². The summed E-state index contributed by atoms with van der Waals surface area (Å²) in [5, 5.41) is 0.686. The Morgan fingerprint density at radius 1 is 1.29 bits per heavy atom. The summed E-state index contributed by atoms with van der Waals surface area (Å²) in [4.78, 5) is 0. The van der Waals surface area contributed by atoms with E-state index in [1.54, 1.807) is 14.2 Å². The van der Waals surface area contributed by atoms with Crippen LogP contribution in [0.4, 0.5) is 0 Å². The summed E-state index contributed by atoms with van der Waals surface area (Å²) < 4.78 is 10.6. The smallest absolute Gasteiger partial charge is 0.127 e. The van der Waals surface area contributed by atoms with Crippen LogP contribution in [-0.4, -0.2) is 20.8 Å². The van der Waals surface area contributed by atoms with E-state index in [0.29, 0.717) is 17.3 Å². The molecule has 17 heavy (non-hydrogen) atoms. The van der Waals surface area contributed by atoms with E-state index in [-0.39, 0.29) is 5.41 Å². The van der Waals surface area contributed by atoms with Gasteiger partial charge in [-0.05, 0) is 18.9 Å². The molecule has 1 aliphatic carbocycles. The minimum absolute atomic E-state index is 0.00526. The molecule has 1 aromatic rings. The van der Waals surface area contributed by atoms with Crippen LogP contribution in [0.1, 0.15) is 24.8 Å². The van der Waals surface area contributed by atoms with Crippen molar-refractivity contribution < 1.29 is 9.47 Å². The van der Waals surface area contributed by atoms with Crippen molar-refractivity contribution in [2.75, 3.05) is 20.8 Å². The van der Waals surface area contributed by atoms with Crippen LogP contribution in [0, 0.1) is 0 Å². The fourth-order valence-corrected chi connectivity index (χ4v) is 2.91. The fourth-order valence-electron chi connectivity index (χ4n) is 2.51. The molecule has 0 unspecified atom stereocenters. The van der Waals surface area contributed by atoms with Crippen molar-refractivity contribution in [3.8, 4) is 11.5 Å². The second-order valence-corrected chi connectivity index (χ2v) is 4.93. The second-order valence-electron chi connectivity index (χ2n) is 4.52. The number of methoxy groups -OCH3 is 2. The van der Waals surface area contributed by atoms with Gasteiger partial charge in [-0.3, -0.25) is 0 Å². The summed E-state index contributed by atoms with van der Waals surface area (Å²) in [5.74, 6) is 1.49. The molecular formula is C13H18ClNO2. The van der Waals surface area contributed by atoms with Gasteiger partial charge in [-0.1, -0.05) is 18.0 Å². The van der Waals surface area contributed by atoms with E-state index in [1.165, 1.54) is 6.42 Å². The van der Waals surface area contributed by atoms with Crippen molar-refractivity contribution in [2.24, 2.45) is 5.73 Å². The molecular weight excluding hydrogens is 238 g/mol. The lowest BCUT2D eigenvalue weighted by Crippen LogP contribution is -2.42. The first-order chi connectivity index (χ1) is 8.16. The normalized spacial score (nSPS) is 17.4. The van der Waals surface area contributed by atoms with Gasteiger partial charge in [0.25, 0.3) is 0 Å². The van der Waals surface area contributed by atoms with Gasteiger partial charge in [0.1, 0.15) is 11.5 Å². The monoisotopic (exact) mass is 255 g/mol. The standard InChI is InChI=1S/C13H18ClNO2/c1-16-9-6-10(14)12(11(7-9)17-2)13(8-15)4-3-5-13/h6-7H,3-5,8,15H2,1-2H3. The Morgan fingerprint density at radius 2 is 2.00 bits per heavy atom. The summed E-state index contributed by atoms with van der Waals surface area (Å²) in [6.07, 6.45) is 3.35. The molecule has 1 aromatic carbocycles. The molecule has 0 spiro atoms. The zero-order valence-electron chi connectivity index (χ0n) is 10.3. The van der Waals surface area contributed by atoms with E-state index in [2.05, 4.69) is 0 Å². The molecule has 0 heterocycles. The van der Waals surface area contributed by atoms with Crippen molar-refractivity contribution >= 4 is 11.6 Å². The number of nitrogens with two attached hydrogens (primary N) is 1. The lowest BCUT2D eigenvalue weighted by Gasteiger charge is -2.42. The minimum atomic E-state index is -0.00526. The lowest BCUT2D eigenvalue weighted by molar-refractivity contribution is 0.243. The van der Waals surface area contributed by atoms with Crippen LogP contribution in [0.3, 0.4) is 0 Å². The summed E-state index contributed by atoms with van der Waals surface area (Å²) in [5.41, 5.74) is 6.95. The first-order valence-corrected chi connectivity index (χ1v) is 6.17. The Hall–Kier alpha value is -0.930. The molecule has 0 saturated heterocycles. The van der Waals surface area contributed by atoms with E-state index in [4.69, 9.17) is 26.8 Å². The number of rotatable bonds is 4. The van der Waals surface area contributed by atoms with Crippen LogP contribution in [0.2, 0.25) is 5.02 Å². The van der Waals surface area contributed by atoms with E-state index in [1.807, 2.05) is 12.1 Å². The van der Waals surface area contributed by atoms with Gasteiger partial charge in [-0.2, -0.15) is 0 Å². The van der Waals surface area contributed by atoms with Crippen molar-refractivity contribution in [1.29, 1.82) is 0 Å². The maximum atomic E-state index is 6.35. The van der Waals surface area contributed by atoms with Gasteiger partial charge in [0, 0.05) is 23.6 Å². The van der Waals surface area contributed by atoms with E-state index >= 15 is 0 Å². The largest absolute Gasteiger partial charge is 0.497 e. The molecule has 0 radical (unpaired) electrons. The van der Waals surface area contributed by atoms with Crippen molar-refractivity contribution in [3.63, 3.8) is 0 Å². The summed E-state index contributed by atoms with van der Waals surface area (Å²) in [7, 11) is 3.27. The van der Waals surface area contributed by atoms with Crippen LogP contribution in [0.5, 0.6) is 11.5 Å². The Kier molecular flexibility index (Phi) is 3.50. The highest BCUT2D eigenvalue weighted by Gasteiger charge is 2.41. The number of benzene rings is 1. The third-order valence-electron chi connectivity index (χ3n) is 3.71. The predicted octanol–water partition coefficient (Wildman–Crippen LogP) is 2.74. The van der Waals surface area contributed by atoms with Gasteiger partial charge in [0.05, 0.1) is 19.2 Å². The van der Waals surface area contributed by atoms with Crippen molar-refractivity contribution in [1.82, 2.24) is 0 Å². The Morgan fingerprint density at radius 3 is 2.41 bits per heavy atom. The maximum Gasteiger partial charge on any atom is 0.127 e. The Labute approximate surface area is 107 Å². The molecule has 0 bridgehead atoms. The van der Waals surface area contributed by atoms with Crippen LogP contribution in [-0.2, 0) is 5.41 Å². The van der Waals surface area contributed by atoms with Crippen molar-refractivity contribution in [3.05, 3.63) is 22.7 Å². The maximum absolute atomic E-state index is 6.35. The zero-order valence-corrected chi connectivity index (χ0v) is 11.0. The second kappa shape index (κ2) is 4.75. The molecule has 94 valence electrons. The van der Waals surface area contributed by atoms with Gasteiger partial charge < -0.3 is 15.2 Å². The van der Waals surface area contributed by atoms with E-state index in [0.717, 1.165) is 24.2 Å². The molecule has 4 heteroatoms. The van der Waals surface area contributed by atoms with Gasteiger partial charge in [-0.15, -0.1) is 0 Å². The first kappa shape index (κ1) is 12.5. The molecule has 0 aromatic heterocycles. The van der Waals surface area contributed by atoms with Crippen LogP contribution >= 0.6 is 11.6 Å². The molecule has 1 aliphatic rings. The third kappa shape index (κ3) is 1.98. The van der Waals surface area contributed by atoms with Crippen LogP contribution in [0.15, 0.2) is 12.1 Å². The average molecular weight is 256 g/mol. The summed E-state index contributed by atoms with van der Waals surface area (Å²) in [6, 6.07) is 3.70. The zero-order chi connectivity index (χ0) is 12.5. The highest BCUT2D eigenvalue weighted by atomic mass is 35.5. The predicted molar refractivity (Wildman–Crippen MR) is 69.1 cm³/mol. The summed E-state index contributed by atoms with van der Waals surface area (Å²) >= 11 is 6.35. The SMILES string of the molecule is COc1cc(Cl)c(C2(CN)CCC2)c(OC)c1. The molecule has 2 N–H and O–H groups in total. The molecule has 1 saturated carbocycles. The first-order valence-electron chi connectivity index (χ1n) is 5.79. The number of ether oxygens (including phenoxy) is 2. The number of halogens is 1. The number of hydrogen-bond acceptors (Lipinski definition) is 3. The Balaban J connectivity index is 2.52. The van der Waals surface area contributed by atoms with E-state index < -0.39 is 0 Å². The molecule has 0 amide bonds. The lowest BCUT2D eigenvalue weighted by atomic mass is 9.64. The van der Waals surface area contributed by atoms with Crippen molar-refractivity contribution in [2.45, 2.75) is 24.7 Å². The van der Waals surface area contributed by atoms with Crippen LogP contribution in [0.25, 0.3) is 0 Å². The number of hydrogen-bond donors (Lipinski definition) is 1. The van der Waals surface area contributed by atoms with Gasteiger partial charge in [0.2, 0.25) is 0 Å². The molecule has 0 atom stereocenters. The third-order valence-corrected chi connectivity index (χ3v) is 4.01. The highest BCUT2D eigenvalue weighted by molar-refractivity contribution is 6.31. The fraction of sp³-hybridized carbons (Fsp3) is 0.538. The summed E-state index contributed by atoms with van der Waals surface area (Å²) in [6.45, 7) is 0.607. The topological polar surface area (TPSA) is 44.5 Å². The quantitative estimate of drug-likeness (QED) is 0.900. The van der Waals surface area contributed by atoms with Gasteiger partial charge in [0.15, 0.2) is 0 Å². The minimum Gasteiger partial charge on any atom is -0.497 e. The molecule has 2 rings (SSSR count). The average Bonchev–Trinajstić information content (AvgIpc) is 2.29. The van der Waals surface area contributed by atoms with Gasteiger partial charge in [-0.25, -0.2) is 0 Å². The molecule has 3 nitrogen and oxygen atoms in total. The highest BCUT2D eigenvalue weighted by Crippen LogP contribution is 2.50. The molecule has 1 fully saturated rings.